The molecule has 1 aliphatic heterocycles. The van der Waals surface area contributed by atoms with Gasteiger partial charge in [0.15, 0.2) is 5.96 Å². The Morgan fingerprint density at radius 2 is 2.00 bits per heavy atom. The summed E-state index contributed by atoms with van der Waals surface area (Å²) in [5.41, 5.74) is 5.33. The highest BCUT2D eigenvalue weighted by molar-refractivity contribution is 14.0. The molecule has 0 bridgehead atoms. The molecule has 0 spiro atoms. The molecule has 0 unspecified atom stereocenters. The fourth-order valence-electron chi connectivity index (χ4n) is 3.79. The van der Waals surface area contributed by atoms with Crippen molar-refractivity contribution in [2.75, 3.05) is 26.7 Å². The lowest BCUT2D eigenvalue weighted by Gasteiger charge is -2.33. The predicted molar refractivity (Wildman–Crippen MR) is 132 cm³/mol. The van der Waals surface area contributed by atoms with Gasteiger partial charge in [-0.3, -0.25) is 14.9 Å². The normalized spacial score (nSPS) is 15.6. The molecule has 0 radical (unpaired) electrons. The molecule has 2 aromatic rings. The molecular formula is C23H34IN5. The first kappa shape index (κ1) is 23.6. The number of nitrogens with zero attached hydrogens (tertiary/aromatic N) is 3. The number of pyridine rings is 1. The number of benzene rings is 1. The van der Waals surface area contributed by atoms with Crippen molar-refractivity contribution in [3.63, 3.8) is 0 Å². The molecule has 1 aromatic heterocycles. The first-order chi connectivity index (χ1) is 13.6. The molecule has 1 saturated heterocycles. The molecule has 0 amide bonds. The number of aliphatic imine (C=N–C) groups is 1. The number of hydrogen-bond donors (Lipinski definition) is 2. The van der Waals surface area contributed by atoms with Crippen molar-refractivity contribution in [2.45, 2.75) is 45.7 Å². The molecule has 0 aliphatic carbocycles. The molecule has 6 heteroatoms. The molecule has 2 heterocycles. The van der Waals surface area contributed by atoms with Crippen molar-refractivity contribution in [3.8, 4) is 0 Å². The zero-order valence-corrected chi connectivity index (χ0v) is 20.1. The maximum atomic E-state index is 4.40. The van der Waals surface area contributed by atoms with Crippen molar-refractivity contribution >= 4 is 29.9 Å². The second-order valence-corrected chi connectivity index (χ2v) is 7.73. The Balaban J connectivity index is 0.00000300. The molecule has 1 aliphatic rings. The Kier molecular flexibility index (Phi) is 9.87. The van der Waals surface area contributed by atoms with E-state index in [4.69, 9.17) is 0 Å². The Hall–Kier alpha value is -1.67. The summed E-state index contributed by atoms with van der Waals surface area (Å²) in [6.07, 6.45) is 7.06. The van der Waals surface area contributed by atoms with E-state index in [1.807, 2.05) is 19.4 Å². The minimum absolute atomic E-state index is 0. The van der Waals surface area contributed by atoms with E-state index in [1.54, 1.807) is 0 Å². The van der Waals surface area contributed by atoms with Gasteiger partial charge in [-0.1, -0.05) is 29.8 Å². The highest BCUT2D eigenvalue weighted by Crippen LogP contribution is 2.14. The van der Waals surface area contributed by atoms with Crippen LogP contribution >= 0.6 is 24.0 Å². The minimum atomic E-state index is 0. The van der Waals surface area contributed by atoms with Crippen LogP contribution in [0.5, 0.6) is 0 Å². The third-order valence-corrected chi connectivity index (χ3v) is 5.46. The average Bonchev–Trinajstić information content (AvgIpc) is 2.70. The smallest absolute Gasteiger partial charge is 0.191 e. The second-order valence-electron chi connectivity index (χ2n) is 7.73. The number of aryl methyl sites for hydroxylation is 2. The molecule has 29 heavy (non-hydrogen) atoms. The van der Waals surface area contributed by atoms with Crippen molar-refractivity contribution in [2.24, 2.45) is 4.99 Å². The van der Waals surface area contributed by atoms with Gasteiger partial charge in [0.25, 0.3) is 0 Å². The monoisotopic (exact) mass is 507 g/mol. The van der Waals surface area contributed by atoms with Crippen LogP contribution in [0.3, 0.4) is 0 Å². The van der Waals surface area contributed by atoms with Crippen LogP contribution in [-0.4, -0.2) is 48.6 Å². The van der Waals surface area contributed by atoms with E-state index in [0.29, 0.717) is 6.04 Å². The summed E-state index contributed by atoms with van der Waals surface area (Å²) < 4.78 is 0. The highest BCUT2D eigenvalue weighted by atomic mass is 127. The number of nitrogens with one attached hydrogen (secondary N) is 2. The van der Waals surface area contributed by atoms with Gasteiger partial charge in [-0.2, -0.15) is 0 Å². The van der Waals surface area contributed by atoms with Gasteiger partial charge in [-0.25, -0.2) is 0 Å². The molecule has 2 N–H and O–H groups in total. The molecule has 158 valence electrons. The summed E-state index contributed by atoms with van der Waals surface area (Å²) in [5.74, 6) is 0.906. The number of guanidine groups is 1. The Labute approximate surface area is 192 Å². The first-order valence-corrected chi connectivity index (χ1v) is 10.3. The fourth-order valence-corrected chi connectivity index (χ4v) is 3.79. The summed E-state index contributed by atoms with van der Waals surface area (Å²) in [6, 6.07) is 11.4. The van der Waals surface area contributed by atoms with Crippen LogP contribution in [-0.2, 0) is 13.0 Å². The van der Waals surface area contributed by atoms with Gasteiger partial charge in [0, 0.05) is 51.7 Å². The number of piperidine rings is 1. The third kappa shape index (κ3) is 7.59. The van der Waals surface area contributed by atoms with Crippen LogP contribution in [0.25, 0.3) is 0 Å². The predicted octanol–water partition coefficient (Wildman–Crippen LogP) is 3.69. The second kappa shape index (κ2) is 12.1. The maximum absolute atomic E-state index is 4.40. The van der Waals surface area contributed by atoms with E-state index in [0.717, 1.165) is 51.4 Å². The molecular weight excluding hydrogens is 473 g/mol. The lowest BCUT2D eigenvalue weighted by molar-refractivity contribution is 0.198. The average molecular weight is 507 g/mol. The quantitative estimate of drug-likeness (QED) is 0.356. The van der Waals surface area contributed by atoms with E-state index in [9.17, 15) is 0 Å². The number of likely N-dealkylation sites (tertiary alicyclic amines) is 1. The van der Waals surface area contributed by atoms with Crippen LogP contribution in [0.2, 0.25) is 0 Å². The summed E-state index contributed by atoms with van der Waals surface area (Å²) in [7, 11) is 1.85. The largest absolute Gasteiger partial charge is 0.356 e. The molecule has 1 aromatic carbocycles. The van der Waals surface area contributed by atoms with Crippen molar-refractivity contribution in [1.29, 1.82) is 0 Å². The highest BCUT2D eigenvalue weighted by Gasteiger charge is 2.20. The molecule has 0 atom stereocenters. The Bertz CT molecular complexity index is 784. The molecule has 0 saturated carbocycles. The van der Waals surface area contributed by atoms with E-state index < -0.39 is 0 Å². The molecule has 1 fully saturated rings. The number of hydrogen-bond acceptors (Lipinski definition) is 3. The van der Waals surface area contributed by atoms with Gasteiger partial charge < -0.3 is 10.6 Å². The van der Waals surface area contributed by atoms with Gasteiger partial charge in [0.2, 0.25) is 0 Å². The molecule has 3 rings (SSSR count). The van der Waals surface area contributed by atoms with Gasteiger partial charge >= 0.3 is 0 Å². The van der Waals surface area contributed by atoms with Crippen molar-refractivity contribution < 1.29 is 0 Å². The van der Waals surface area contributed by atoms with Gasteiger partial charge in [-0.05, 0) is 55.9 Å². The van der Waals surface area contributed by atoms with Crippen LogP contribution in [0, 0.1) is 13.8 Å². The van der Waals surface area contributed by atoms with Gasteiger partial charge in [0.05, 0.1) is 0 Å². The maximum Gasteiger partial charge on any atom is 0.191 e. The van der Waals surface area contributed by atoms with Crippen LogP contribution < -0.4 is 10.6 Å². The standard InChI is InChI=1S/C23H33N5.HI/c1-18-5-4-6-20(15-18)17-28-13-9-22(10-14-28)27-23(24-3)26-12-8-21-7-11-25-16-19(21)2;/h4-7,11,15-16,22H,8-10,12-14,17H2,1-3H3,(H2,24,26,27);1H. The van der Waals surface area contributed by atoms with Crippen molar-refractivity contribution in [1.82, 2.24) is 20.5 Å². The lowest BCUT2D eigenvalue weighted by Crippen LogP contribution is -2.48. The third-order valence-electron chi connectivity index (χ3n) is 5.46. The van der Waals surface area contributed by atoms with Crippen molar-refractivity contribution in [3.05, 3.63) is 65.0 Å². The zero-order chi connectivity index (χ0) is 19.8. The number of halogens is 1. The molecule has 5 nitrogen and oxygen atoms in total. The summed E-state index contributed by atoms with van der Waals surface area (Å²) >= 11 is 0. The Morgan fingerprint density at radius 3 is 2.69 bits per heavy atom. The van der Waals surface area contributed by atoms with Crippen LogP contribution in [0.4, 0.5) is 0 Å². The van der Waals surface area contributed by atoms with Crippen LogP contribution in [0.15, 0.2) is 47.7 Å². The zero-order valence-electron chi connectivity index (χ0n) is 17.8. The van der Waals surface area contributed by atoms with Crippen LogP contribution in [0.1, 0.15) is 35.1 Å². The van der Waals surface area contributed by atoms with E-state index in [-0.39, 0.29) is 24.0 Å². The summed E-state index contributed by atoms with van der Waals surface area (Å²) in [5, 5.41) is 7.05. The lowest BCUT2D eigenvalue weighted by atomic mass is 10.0. The first-order valence-electron chi connectivity index (χ1n) is 10.3. The number of rotatable bonds is 6. The summed E-state index contributed by atoms with van der Waals surface area (Å²) in [4.78, 5) is 11.1. The number of aromatic nitrogens is 1. The SMILES string of the molecule is CN=C(NCCc1ccncc1C)NC1CCN(Cc2cccc(C)c2)CC1.I. The minimum Gasteiger partial charge on any atom is -0.356 e. The van der Waals surface area contributed by atoms with Gasteiger partial charge in [-0.15, -0.1) is 24.0 Å². The van der Waals surface area contributed by atoms with Gasteiger partial charge in [0.1, 0.15) is 0 Å². The topological polar surface area (TPSA) is 52.6 Å². The fraction of sp³-hybridized carbons (Fsp3) is 0.478. The van der Waals surface area contributed by atoms with E-state index in [2.05, 4.69) is 69.7 Å². The van der Waals surface area contributed by atoms with E-state index in [1.165, 1.54) is 22.3 Å². The summed E-state index contributed by atoms with van der Waals surface area (Å²) in [6.45, 7) is 8.44. The Morgan fingerprint density at radius 1 is 1.21 bits per heavy atom. The van der Waals surface area contributed by atoms with E-state index >= 15 is 0 Å².